The SMILES string of the molecule is C=CCOc1cc(/C(=N\O)C(=O)OCC)c(O[Si](C)(C)C(C)(C)C)cc1OC. The van der Waals surface area contributed by atoms with Crippen LogP contribution in [0, 0.1) is 0 Å². The molecule has 0 heterocycles. The van der Waals surface area contributed by atoms with Gasteiger partial charge < -0.3 is 23.8 Å². The molecule has 156 valence electrons. The quantitative estimate of drug-likeness (QED) is 0.163. The van der Waals surface area contributed by atoms with Crippen LogP contribution in [0.25, 0.3) is 0 Å². The molecular weight excluding hydrogens is 378 g/mol. The third-order valence-corrected chi connectivity index (χ3v) is 8.96. The highest BCUT2D eigenvalue weighted by molar-refractivity contribution is 6.74. The van der Waals surface area contributed by atoms with Gasteiger partial charge in [-0.05, 0) is 31.1 Å². The number of esters is 1. The second-order valence-electron chi connectivity index (χ2n) is 7.63. The fourth-order valence-electron chi connectivity index (χ4n) is 2.06. The second-order valence-corrected chi connectivity index (χ2v) is 12.4. The summed E-state index contributed by atoms with van der Waals surface area (Å²) < 4.78 is 22.5. The van der Waals surface area contributed by atoms with Crippen LogP contribution in [0.5, 0.6) is 17.2 Å². The zero-order chi connectivity index (χ0) is 21.5. The van der Waals surface area contributed by atoms with Gasteiger partial charge in [0, 0.05) is 6.07 Å². The second kappa shape index (κ2) is 9.63. The molecule has 0 saturated carbocycles. The number of rotatable bonds is 9. The van der Waals surface area contributed by atoms with Gasteiger partial charge in [-0.2, -0.15) is 0 Å². The number of benzene rings is 1. The van der Waals surface area contributed by atoms with E-state index in [0.29, 0.717) is 17.2 Å². The monoisotopic (exact) mass is 409 g/mol. The van der Waals surface area contributed by atoms with Gasteiger partial charge in [-0.25, -0.2) is 4.79 Å². The lowest BCUT2D eigenvalue weighted by atomic mass is 10.1. The van der Waals surface area contributed by atoms with E-state index in [9.17, 15) is 10.0 Å². The van der Waals surface area contributed by atoms with E-state index in [0.717, 1.165) is 0 Å². The number of oxime groups is 1. The van der Waals surface area contributed by atoms with E-state index >= 15 is 0 Å². The molecule has 0 saturated heterocycles. The van der Waals surface area contributed by atoms with Crippen molar-refractivity contribution in [2.24, 2.45) is 5.16 Å². The van der Waals surface area contributed by atoms with Crippen molar-refractivity contribution < 1.29 is 28.6 Å². The van der Waals surface area contributed by atoms with Crippen LogP contribution in [-0.4, -0.2) is 45.5 Å². The minimum absolute atomic E-state index is 0.0873. The summed E-state index contributed by atoms with van der Waals surface area (Å²) in [6.45, 7) is 16.1. The normalized spacial score (nSPS) is 12.3. The molecule has 0 amide bonds. The predicted octanol–water partition coefficient (Wildman–Crippen LogP) is 4.39. The van der Waals surface area contributed by atoms with Gasteiger partial charge in [0.2, 0.25) is 0 Å². The summed E-state index contributed by atoms with van der Waals surface area (Å²) in [7, 11) is -0.757. The van der Waals surface area contributed by atoms with Crippen molar-refractivity contribution in [1.82, 2.24) is 0 Å². The summed E-state index contributed by atoms with van der Waals surface area (Å²) in [6, 6.07) is 3.19. The van der Waals surface area contributed by atoms with Gasteiger partial charge in [0.15, 0.2) is 17.2 Å². The molecule has 8 heteroatoms. The van der Waals surface area contributed by atoms with Crippen LogP contribution in [0.2, 0.25) is 18.1 Å². The number of ether oxygens (including phenoxy) is 3. The molecule has 1 rings (SSSR count). The summed E-state index contributed by atoms with van der Waals surface area (Å²) in [5.41, 5.74) is 0.00676. The van der Waals surface area contributed by atoms with Crippen LogP contribution in [0.4, 0.5) is 0 Å². The van der Waals surface area contributed by atoms with Crippen LogP contribution in [0.1, 0.15) is 33.3 Å². The molecule has 1 aromatic carbocycles. The Bertz CT molecular complexity index is 737. The Labute approximate surface area is 168 Å². The first-order valence-electron chi connectivity index (χ1n) is 9.06. The average molecular weight is 410 g/mol. The van der Waals surface area contributed by atoms with Gasteiger partial charge in [0.25, 0.3) is 8.32 Å². The van der Waals surface area contributed by atoms with Gasteiger partial charge in [-0.3, -0.25) is 0 Å². The number of carbonyl (C=O) groups is 1. The fraction of sp³-hybridized carbons (Fsp3) is 0.500. The maximum atomic E-state index is 12.3. The van der Waals surface area contributed by atoms with Crippen LogP contribution in [0.3, 0.4) is 0 Å². The highest BCUT2D eigenvalue weighted by Gasteiger charge is 2.40. The maximum Gasteiger partial charge on any atom is 0.361 e. The average Bonchev–Trinajstić information content (AvgIpc) is 2.60. The standard InChI is InChI=1S/C20H31NO6Si/c1-9-11-26-17-12-14(18(21-23)19(22)25-10-2)15(13-16(17)24-6)27-28(7,8)20(3,4)5/h9,12-13,23H,1,10-11H2,2-8H3/b21-18+. The highest BCUT2D eigenvalue weighted by Crippen LogP contribution is 2.41. The molecule has 0 aliphatic heterocycles. The van der Waals surface area contributed by atoms with Crippen LogP contribution >= 0.6 is 0 Å². The van der Waals surface area contributed by atoms with E-state index in [-0.39, 0.29) is 29.5 Å². The zero-order valence-electron chi connectivity index (χ0n) is 17.8. The Morgan fingerprint density at radius 1 is 1.25 bits per heavy atom. The molecule has 7 nitrogen and oxygen atoms in total. The van der Waals surface area contributed by atoms with Gasteiger partial charge in [-0.15, -0.1) is 0 Å². The molecular formula is C20H31NO6Si. The predicted molar refractivity (Wildman–Crippen MR) is 111 cm³/mol. The Kier molecular flexibility index (Phi) is 8.10. The first kappa shape index (κ1) is 23.6. The summed E-state index contributed by atoms with van der Waals surface area (Å²) in [6.07, 6.45) is 1.59. The number of carbonyl (C=O) groups excluding carboxylic acids is 1. The molecule has 0 aliphatic carbocycles. The maximum absolute atomic E-state index is 12.3. The summed E-state index contributed by atoms with van der Waals surface area (Å²) in [5.74, 6) is 0.408. The summed E-state index contributed by atoms with van der Waals surface area (Å²) in [4.78, 5) is 12.3. The van der Waals surface area contributed by atoms with Crippen molar-refractivity contribution in [2.75, 3.05) is 20.3 Å². The molecule has 0 atom stereocenters. The van der Waals surface area contributed by atoms with Crippen molar-refractivity contribution in [3.63, 3.8) is 0 Å². The third-order valence-electron chi connectivity index (χ3n) is 4.62. The number of nitrogens with zero attached hydrogens (tertiary/aromatic N) is 1. The minimum atomic E-state index is -2.27. The topological polar surface area (TPSA) is 86.6 Å². The number of hydrogen-bond donors (Lipinski definition) is 1. The molecule has 0 aliphatic rings. The summed E-state index contributed by atoms with van der Waals surface area (Å²) in [5, 5.41) is 12.6. The van der Waals surface area contributed by atoms with E-state index in [1.165, 1.54) is 7.11 Å². The molecule has 0 radical (unpaired) electrons. The van der Waals surface area contributed by atoms with Crippen LogP contribution in [0.15, 0.2) is 29.9 Å². The van der Waals surface area contributed by atoms with Crippen molar-refractivity contribution in [3.05, 3.63) is 30.4 Å². The van der Waals surface area contributed by atoms with Crippen molar-refractivity contribution >= 4 is 20.0 Å². The first-order valence-corrected chi connectivity index (χ1v) is 12.0. The van der Waals surface area contributed by atoms with E-state index in [2.05, 4.69) is 45.6 Å². The lowest BCUT2D eigenvalue weighted by molar-refractivity contribution is -0.135. The van der Waals surface area contributed by atoms with Crippen molar-refractivity contribution in [3.8, 4) is 17.2 Å². The first-order chi connectivity index (χ1) is 13.0. The Morgan fingerprint density at radius 3 is 2.36 bits per heavy atom. The van der Waals surface area contributed by atoms with Crippen molar-refractivity contribution in [2.45, 2.75) is 45.8 Å². The molecule has 0 fully saturated rings. The molecule has 1 N–H and O–H groups in total. The van der Waals surface area contributed by atoms with Gasteiger partial charge >= 0.3 is 5.97 Å². The molecule has 1 aromatic rings. The Hall–Kier alpha value is -2.48. The zero-order valence-corrected chi connectivity index (χ0v) is 18.8. The summed E-state index contributed by atoms with van der Waals surface area (Å²) >= 11 is 0. The van der Waals surface area contributed by atoms with E-state index in [4.69, 9.17) is 18.6 Å². The van der Waals surface area contributed by atoms with E-state index < -0.39 is 14.3 Å². The fourth-order valence-corrected chi connectivity index (χ4v) is 3.09. The molecule has 0 spiro atoms. The Morgan fingerprint density at radius 2 is 1.89 bits per heavy atom. The van der Waals surface area contributed by atoms with E-state index in [1.807, 2.05) is 0 Å². The molecule has 0 aromatic heterocycles. The molecule has 28 heavy (non-hydrogen) atoms. The lowest BCUT2D eigenvalue weighted by Gasteiger charge is -2.37. The smallest absolute Gasteiger partial charge is 0.361 e. The highest BCUT2D eigenvalue weighted by atomic mass is 28.4. The Balaban J connectivity index is 3.62. The van der Waals surface area contributed by atoms with Crippen LogP contribution < -0.4 is 13.9 Å². The van der Waals surface area contributed by atoms with Gasteiger partial charge in [0.05, 0.1) is 19.3 Å². The van der Waals surface area contributed by atoms with E-state index in [1.54, 1.807) is 25.1 Å². The number of methoxy groups -OCH3 is 1. The lowest BCUT2D eigenvalue weighted by Crippen LogP contribution is -2.44. The largest absolute Gasteiger partial charge is 0.543 e. The van der Waals surface area contributed by atoms with Gasteiger partial charge in [0.1, 0.15) is 12.4 Å². The third kappa shape index (κ3) is 5.51. The van der Waals surface area contributed by atoms with Crippen molar-refractivity contribution in [1.29, 1.82) is 0 Å². The minimum Gasteiger partial charge on any atom is -0.543 e. The number of hydrogen-bond acceptors (Lipinski definition) is 7. The van der Waals surface area contributed by atoms with Gasteiger partial charge in [-0.1, -0.05) is 38.6 Å². The molecule has 0 unspecified atom stereocenters. The molecule has 0 bridgehead atoms. The van der Waals surface area contributed by atoms with Crippen LogP contribution in [-0.2, 0) is 9.53 Å².